The van der Waals surface area contributed by atoms with Crippen LogP contribution in [0.15, 0.2) is 0 Å². The van der Waals surface area contributed by atoms with Gasteiger partial charge in [0.25, 0.3) is 0 Å². The molecule has 3 fully saturated rings. The second kappa shape index (κ2) is 6.24. The summed E-state index contributed by atoms with van der Waals surface area (Å²) >= 11 is 0. The van der Waals surface area contributed by atoms with Crippen LogP contribution < -0.4 is 5.32 Å². The fourth-order valence-corrected chi connectivity index (χ4v) is 4.63. The number of nitrogens with zero attached hydrogens (tertiary/aromatic N) is 1. The maximum Gasteiger partial charge on any atom is 0.406 e. The van der Waals surface area contributed by atoms with Crippen LogP contribution in [0.4, 0.5) is 13.2 Å². The van der Waals surface area contributed by atoms with Gasteiger partial charge in [-0.3, -0.25) is 4.79 Å². The summed E-state index contributed by atoms with van der Waals surface area (Å²) in [7, 11) is 0. The highest BCUT2D eigenvalue weighted by atomic mass is 19.4. The summed E-state index contributed by atoms with van der Waals surface area (Å²) in [4.78, 5) is 13.1. The van der Waals surface area contributed by atoms with Gasteiger partial charge in [0.2, 0.25) is 5.91 Å². The largest absolute Gasteiger partial charge is 0.406 e. The van der Waals surface area contributed by atoms with E-state index in [4.69, 9.17) is 4.74 Å². The van der Waals surface area contributed by atoms with E-state index in [0.717, 1.165) is 24.2 Å². The molecule has 0 radical (unpaired) electrons. The molecule has 2 saturated carbocycles. The Morgan fingerprint density at radius 2 is 2.04 bits per heavy atom. The molecule has 23 heavy (non-hydrogen) atoms. The average Bonchev–Trinajstić information content (AvgIpc) is 3.08. The number of rotatable bonds is 5. The molecule has 3 aliphatic rings. The molecule has 1 spiro atoms. The van der Waals surface area contributed by atoms with Gasteiger partial charge in [0, 0.05) is 24.6 Å². The summed E-state index contributed by atoms with van der Waals surface area (Å²) in [5.41, 5.74) is 0.0910. The lowest BCUT2D eigenvalue weighted by atomic mass is 9.60. The van der Waals surface area contributed by atoms with E-state index in [0.29, 0.717) is 13.0 Å². The Hall–Kier alpha value is -0.820. The minimum atomic E-state index is -4.33. The third-order valence-electron chi connectivity index (χ3n) is 5.76. The van der Waals surface area contributed by atoms with Crippen molar-refractivity contribution in [3.05, 3.63) is 0 Å². The highest BCUT2D eigenvalue weighted by Gasteiger charge is 2.57. The fourth-order valence-electron chi connectivity index (χ4n) is 4.63. The third kappa shape index (κ3) is 3.22. The second-order valence-electron chi connectivity index (χ2n) is 7.06. The quantitative estimate of drug-likeness (QED) is 0.840. The van der Waals surface area contributed by atoms with Gasteiger partial charge in [0.05, 0.1) is 12.1 Å². The summed E-state index contributed by atoms with van der Waals surface area (Å²) < 4.78 is 43.3. The predicted molar refractivity (Wildman–Crippen MR) is 78.9 cm³/mol. The highest BCUT2D eigenvalue weighted by molar-refractivity contribution is 5.84. The fraction of sp³-hybridized carbons (Fsp3) is 0.938. The topological polar surface area (TPSA) is 41.6 Å². The van der Waals surface area contributed by atoms with Gasteiger partial charge in [0.1, 0.15) is 6.54 Å². The molecule has 0 aromatic heterocycles. The van der Waals surface area contributed by atoms with Crippen LogP contribution in [-0.2, 0) is 9.53 Å². The highest BCUT2D eigenvalue weighted by Crippen LogP contribution is 2.55. The van der Waals surface area contributed by atoms with Crippen molar-refractivity contribution >= 4 is 5.91 Å². The first-order chi connectivity index (χ1) is 10.9. The number of carbonyl (C=O) groups is 1. The van der Waals surface area contributed by atoms with Crippen molar-refractivity contribution < 1.29 is 22.7 Å². The molecule has 4 nitrogen and oxygen atoms in total. The molecule has 3 atom stereocenters. The SMILES string of the molecule is CCO[C@@H]1C[C@@H](N[C@H]2CCN(CC(F)(F)F)C2=O)C12CCCC2. The van der Waals surface area contributed by atoms with Crippen molar-refractivity contribution in [1.29, 1.82) is 0 Å². The van der Waals surface area contributed by atoms with Crippen LogP contribution in [0.1, 0.15) is 45.4 Å². The van der Waals surface area contributed by atoms with Crippen LogP contribution in [0.3, 0.4) is 0 Å². The molecule has 0 aromatic carbocycles. The van der Waals surface area contributed by atoms with Crippen molar-refractivity contribution in [3.63, 3.8) is 0 Å². The molecule has 1 saturated heterocycles. The van der Waals surface area contributed by atoms with Gasteiger partial charge in [0.15, 0.2) is 0 Å². The molecule has 1 aliphatic heterocycles. The van der Waals surface area contributed by atoms with E-state index in [2.05, 4.69) is 5.32 Å². The molecule has 1 N–H and O–H groups in total. The lowest BCUT2D eigenvalue weighted by molar-refractivity contribution is -0.159. The van der Waals surface area contributed by atoms with Gasteiger partial charge in [-0.15, -0.1) is 0 Å². The molecule has 7 heteroatoms. The molecule has 1 heterocycles. The zero-order valence-corrected chi connectivity index (χ0v) is 13.5. The zero-order chi connectivity index (χ0) is 16.7. The Morgan fingerprint density at radius 3 is 2.65 bits per heavy atom. The molecule has 0 aromatic rings. The average molecular weight is 334 g/mol. The van der Waals surface area contributed by atoms with Crippen molar-refractivity contribution in [3.8, 4) is 0 Å². The smallest absolute Gasteiger partial charge is 0.378 e. The van der Waals surface area contributed by atoms with Crippen LogP contribution in [0.25, 0.3) is 0 Å². The molecular weight excluding hydrogens is 309 g/mol. The molecule has 1 amide bonds. The van der Waals surface area contributed by atoms with Gasteiger partial charge in [-0.2, -0.15) is 13.2 Å². The van der Waals surface area contributed by atoms with Gasteiger partial charge >= 0.3 is 6.18 Å². The van der Waals surface area contributed by atoms with Gasteiger partial charge in [-0.25, -0.2) is 0 Å². The number of amides is 1. The molecule has 0 unspecified atom stereocenters. The summed E-state index contributed by atoms with van der Waals surface area (Å²) in [6.07, 6.45) is 1.73. The number of carbonyl (C=O) groups excluding carboxylic acids is 1. The maximum absolute atomic E-state index is 12.5. The summed E-state index contributed by atoms with van der Waals surface area (Å²) in [5, 5.41) is 3.36. The Balaban J connectivity index is 1.59. The third-order valence-corrected chi connectivity index (χ3v) is 5.76. The summed E-state index contributed by atoms with van der Waals surface area (Å²) in [5.74, 6) is -0.407. The standard InChI is InChI=1S/C16H25F3N2O2/c1-2-23-13-9-12(15(13)6-3-4-7-15)20-11-5-8-21(14(11)22)10-16(17,18)19/h11-13,20H,2-10H2,1H3/t11-,12+,13+/m0/s1. The van der Waals surface area contributed by atoms with Gasteiger partial charge < -0.3 is 15.0 Å². The van der Waals surface area contributed by atoms with Crippen LogP contribution in [0, 0.1) is 5.41 Å². The van der Waals surface area contributed by atoms with Crippen LogP contribution in [-0.4, -0.2) is 54.9 Å². The monoisotopic (exact) mass is 334 g/mol. The lowest BCUT2D eigenvalue weighted by Gasteiger charge is -2.54. The second-order valence-corrected chi connectivity index (χ2v) is 7.06. The number of likely N-dealkylation sites (tertiary alicyclic amines) is 1. The molecule has 132 valence electrons. The lowest BCUT2D eigenvalue weighted by Crippen LogP contribution is -2.65. The Morgan fingerprint density at radius 1 is 1.35 bits per heavy atom. The first kappa shape index (κ1) is 17.0. The van der Waals surface area contributed by atoms with E-state index in [-0.39, 0.29) is 24.1 Å². The normalized spacial score (nSPS) is 33.5. The molecular formula is C16H25F3N2O2. The number of nitrogens with one attached hydrogen (secondary N) is 1. The van der Waals surface area contributed by atoms with E-state index in [9.17, 15) is 18.0 Å². The van der Waals surface area contributed by atoms with Crippen molar-refractivity contribution in [2.45, 2.75) is 69.8 Å². The maximum atomic E-state index is 12.5. The van der Waals surface area contributed by atoms with Crippen molar-refractivity contribution in [2.24, 2.45) is 5.41 Å². The van der Waals surface area contributed by atoms with Gasteiger partial charge in [-0.05, 0) is 32.6 Å². The van der Waals surface area contributed by atoms with Crippen LogP contribution >= 0.6 is 0 Å². The summed E-state index contributed by atoms with van der Waals surface area (Å²) in [6.45, 7) is 1.71. The van der Waals surface area contributed by atoms with Crippen molar-refractivity contribution in [2.75, 3.05) is 19.7 Å². The van der Waals surface area contributed by atoms with E-state index < -0.39 is 24.7 Å². The van der Waals surface area contributed by atoms with E-state index in [1.54, 1.807) is 0 Å². The predicted octanol–water partition coefficient (Wildman–Crippen LogP) is 2.48. The number of hydrogen-bond acceptors (Lipinski definition) is 3. The van der Waals surface area contributed by atoms with Crippen LogP contribution in [0.5, 0.6) is 0 Å². The first-order valence-electron chi connectivity index (χ1n) is 8.59. The van der Waals surface area contributed by atoms with E-state index >= 15 is 0 Å². The Bertz CT molecular complexity index is 449. The summed E-state index contributed by atoms with van der Waals surface area (Å²) in [6, 6.07) is -0.274. The first-order valence-corrected chi connectivity index (χ1v) is 8.59. The van der Waals surface area contributed by atoms with Crippen LogP contribution in [0.2, 0.25) is 0 Å². The number of alkyl halides is 3. The van der Waals surface area contributed by atoms with E-state index in [1.807, 2.05) is 6.92 Å². The minimum absolute atomic E-state index is 0.0910. The zero-order valence-electron chi connectivity index (χ0n) is 13.5. The van der Waals surface area contributed by atoms with E-state index in [1.165, 1.54) is 12.8 Å². The van der Waals surface area contributed by atoms with Gasteiger partial charge in [-0.1, -0.05) is 12.8 Å². The number of ether oxygens (including phenoxy) is 1. The minimum Gasteiger partial charge on any atom is -0.378 e. The molecule has 2 aliphatic carbocycles. The Kier molecular flexibility index (Phi) is 4.62. The Labute approximate surface area is 134 Å². The number of hydrogen-bond donors (Lipinski definition) is 1. The van der Waals surface area contributed by atoms with Crippen molar-refractivity contribution in [1.82, 2.24) is 10.2 Å². The molecule has 0 bridgehead atoms. The molecule has 3 rings (SSSR count). The number of halogens is 3.